The van der Waals surface area contributed by atoms with E-state index in [1.165, 1.54) is 6.07 Å². The average molecular weight is 287 g/mol. The van der Waals surface area contributed by atoms with Crippen LogP contribution in [0.4, 0.5) is 5.69 Å². The molecular formula is C15H11ClN2O2. The summed E-state index contributed by atoms with van der Waals surface area (Å²) in [5.41, 5.74) is 1.40. The van der Waals surface area contributed by atoms with Crippen molar-refractivity contribution in [2.24, 2.45) is 0 Å². The van der Waals surface area contributed by atoms with Crippen molar-refractivity contribution in [1.82, 2.24) is 0 Å². The fraction of sp³-hybridized carbons (Fsp3) is 0.0667. The summed E-state index contributed by atoms with van der Waals surface area (Å²) in [7, 11) is 1.56. The van der Waals surface area contributed by atoms with Crippen LogP contribution in [0.3, 0.4) is 0 Å². The van der Waals surface area contributed by atoms with E-state index in [1.807, 2.05) is 6.07 Å². The molecule has 20 heavy (non-hydrogen) atoms. The van der Waals surface area contributed by atoms with Crippen LogP contribution in [0.1, 0.15) is 15.9 Å². The fourth-order valence-electron chi connectivity index (χ4n) is 1.62. The summed E-state index contributed by atoms with van der Waals surface area (Å²) in [5.74, 6) is 0.400. The third-order valence-electron chi connectivity index (χ3n) is 2.70. The second-order valence-electron chi connectivity index (χ2n) is 3.99. The molecule has 0 aliphatic heterocycles. The second kappa shape index (κ2) is 6.09. The standard InChI is InChI=1S/C15H11ClN2O2/c1-20-12-5-3-11(4-6-12)15(19)18-14-7-2-10(9-17)8-13(14)16/h2-8H,1H3,(H,18,19). The van der Waals surface area contributed by atoms with Gasteiger partial charge in [0.1, 0.15) is 5.75 Å². The molecule has 0 aliphatic rings. The highest BCUT2D eigenvalue weighted by Gasteiger charge is 2.09. The zero-order valence-corrected chi connectivity index (χ0v) is 11.4. The number of benzene rings is 2. The normalized spacial score (nSPS) is 9.65. The molecule has 0 saturated heterocycles. The number of methoxy groups -OCH3 is 1. The molecule has 0 radical (unpaired) electrons. The first-order valence-corrected chi connectivity index (χ1v) is 6.17. The number of nitrogens with one attached hydrogen (secondary N) is 1. The molecule has 0 saturated carbocycles. The van der Waals surface area contributed by atoms with Crippen LogP contribution < -0.4 is 10.1 Å². The lowest BCUT2D eigenvalue weighted by Crippen LogP contribution is -2.12. The first-order valence-electron chi connectivity index (χ1n) is 5.79. The molecule has 0 aromatic heterocycles. The minimum atomic E-state index is -0.278. The number of rotatable bonds is 3. The minimum absolute atomic E-state index is 0.278. The van der Waals surface area contributed by atoms with Gasteiger partial charge in [-0.05, 0) is 42.5 Å². The lowest BCUT2D eigenvalue weighted by molar-refractivity contribution is 0.102. The predicted octanol–water partition coefficient (Wildman–Crippen LogP) is 3.47. The number of anilines is 1. The van der Waals surface area contributed by atoms with Crippen molar-refractivity contribution in [3.8, 4) is 11.8 Å². The van der Waals surface area contributed by atoms with Crippen LogP contribution in [0.2, 0.25) is 5.02 Å². The number of nitrogens with zero attached hydrogens (tertiary/aromatic N) is 1. The zero-order valence-electron chi connectivity index (χ0n) is 10.7. The number of hydrogen-bond donors (Lipinski definition) is 1. The van der Waals surface area contributed by atoms with Crippen molar-refractivity contribution in [2.45, 2.75) is 0 Å². The Morgan fingerprint density at radius 2 is 1.95 bits per heavy atom. The molecule has 0 unspecified atom stereocenters. The summed E-state index contributed by atoms with van der Waals surface area (Å²) in [6.07, 6.45) is 0. The maximum absolute atomic E-state index is 12.0. The zero-order chi connectivity index (χ0) is 14.5. The van der Waals surface area contributed by atoms with Crippen LogP contribution in [0.15, 0.2) is 42.5 Å². The van der Waals surface area contributed by atoms with Gasteiger partial charge in [0.15, 0.2) is 0 Å². The number of carbonyl (C=O) groups excluding carboxylic acids is 1. The third kappa shape index (κ3) is 3.08. The van der Waals surface area contributed by atoms with E-state index >= 15 is 0 Å². The van der Waals surface area contributed by atoms with E-state index in [4.69, 9.17) is 21.6 Å². The van der Waals surface area contributed by atoms with Crippen molar-refractivity contribution in [2.75, 3.05) is 12.4 Å². The van der Waals surface area contributed by atoms with E-state index in [1.54, 1.807) is 43.5 Å². The molecule has 2 rings (SSSR count). The lowest BCUT2D eigenvalue weighted by atomic mass is 10.2. The van der Waals surface area contributed by atoms with E-state index in [2.05, 4.69) is 5.32 Å². The number of carbonyl (C=O) groups is 1. The Balaban J connectivity index is 2.17. The van der Waals surface area contributed by atoms with E-state index in [0.717, 1.165) is 0 Å². The van der Waals surface area contributed by atoms with Gasteiger partial charge in [-0.25, -0.2) is 0 Å². The molecule has 100 valence electrons. The van der Waals surface area contributed by atoms with Gasteiger partial charge in [-0.2, -0.15) is 5.26 Å². The van der Waals surface area contributed by atoms with E-state index < -0.39 is 0 Å². The summed E-state index contributed by atoms with van der Waals surface area (Å²) in [4.78, 5) is 12.0. The van der Waals surface area contributed by atoms with Gasteiger partial charge in [-0.3, -0.25) is 4.79 Å². The Labute approximate surface area is 121 Å². The van der Waals surface area contributed by atoms with Crippen LogP contribution in [0.5, 0.6) is 5.75 Å². The molecule has 0 bridgehead atoms. The van der Waals surface area contributed by atoms with E-state index in [0.29, 0.717) is 27.6 Å². The Hall–Kier alpha value is -2.51. The molecule has 2 aromatic carbocycles. The van der Waals surface area contributed by atoms with E-state index in [-0.39, 0.29) is 5.91 Å². The largest absolute Gasteiger partial charge is 0.497 e. The molecule has 5 heteroatoms. The first kappa shape index (κ1) is 13.9. The van der Waals surface area contributed by atoms with Crippen LogP contribution in [-0.4, -0.2) is 13.0 Å². The van der Waals surface area contributed by atoms with Gasteiger partial charge < -0.3 is 10.1 Å². The lowest BCUT2D eigenvalue weighted by Gasteiger charge is -2.08. The molecule has 2 aromatic rings. The monoisotopic (exact) mass is 286 g/mol. The van der Waals surface area contributed by atoms with Crippen molar-refractivity contribution in [3.05, 3.63) is 58.6 Å². The van der Waals surface area contributed by atoms with Crippen molar-refractivity contribution < 1.29 is 9.53 Å². The van der Waals surface area contributed by atoms with Gasteiger partial charge in [0.25, 0.3) is 5.91 Å². The SMILES string of the molecule is COc1ccc(C(=O)Nc2ccc(C#N)cc2Cl)cc1. The maximum atomic E-state index is 12.0. The Kier molecular flexibility index (Phi) is 4.24. The summed E-state index contributed by atoms with van der Waals surface area (Å²) in [5, 5.41) is 11.8. The number of ether oxygens (including phenoxy) is 1. The van der Waals surface area contributed by atoms with Gasteiger partial charge in [-0.15, -0.1) is 0 Å². The van der Waals surface area contributed by atoms with Gasteiger partial charge in [0.2, 0.25) is 0 Å². The maximum Gasteiger partial charge on any atom is 0.255 e. The molecule has 0 heterocycles. The predicted molar refractivity (Wildman–Crippen MR) is 77.1 cm³/mol. The molecule has 0 atom stereocenters. The smallest absolute Gasteiger partial charge is 0.255 e. The van der Waals surface area contributed by atoms with Gasteiger partial charge in [0.05, 0.1) is 29.5 Å². The Bertz CT molecular complexity index is 675. The molecule has 4 nitrogen and oxygen atoms in total. The van der Waals surface area contributed by atoms with Crippen LogP contribution >= 0.6 is 11.6 Å². The van der Waals surface area contributed by atoms with Crippen LogP contribution in [-0.2, 0) is 0 Å². The van der Waals surface area contributed by atoms with Crippen molar-refractivity contribution in [1.29, 1.82) is 5.26 Å². The summed E-state index contributed by atoms with van der Waals surface area (Å²) < 4.78 is 5.03. The highest BCUT2D eigenvalue weighted by molar-refractivity contribution is 6.34. The molecule has 0 aliphatic carbocycles. The number of nitriles is 1. The van der Waals surface area contributed by atoms with E-state index in [9.17, 15) is 4.79 Å². The van der Waals surface area contributed by atoms with Crippen LogP contribution in [0.25, 0.3) is 0 Å². The molecule has 0 spiro atoms. The second-order valence-corrected chi connectivity index (χ2v) is 4.40. The molecule has 1 amide bonds. The van der Waals surface area contributed by atoms with Gasteiger partial charge >= 0.3 is 0 Å². The first-order chi connectivity index (χ1) is 9.63. The quantitative estimate of drug-likeness (QED) is 0.939. The molecular weight excluding hydrogens is 276 g/mol. The number of halogens is 1. The number of amides is 1. The molecule has 0 fully saturated rings. The average Bonchev–Trinajstić information content (AvgIpc) is 2.49. The van der Waals surface area contributed by atoms with Crippen LogP contribution in [0, 0.1) is 11.3 Å². The fourth-order valence-corrected chi connectivity index (χ4v) is 1.85. The highest BCUT2D eigenvalue weighted by atomic mass is 35.5. The topological polar surface area (TPSA) is 62.1 Å². The van der Waals surface area contributed by atoms with Crippen molar-refractivity contribution >= 4 is 23.2 Å². The molecule has 1 N–H and O–H groups in total. The summed E-state index contributed by atoms with van der Waals surface area (Å²) >= 11 is 6.00. The third-order valence-corrected chi connectivity index (χ3v) is 3.01. The van der Waals surface area contributed by atoms with Gasteiger partial charge in [0, 0.05) is 5.56 Å². The summed E-state index contributed by atoms with van der Waals surface area (Å²) in [6.45, 7) is 0. The highest BCUT2D eigenvalue weighted by Crippen LogP contribution is 2.23. The Morgan fingerprint density at radius 1 is 1.25 bits per heavy atom. The summed E-state index contributed by atoms with van der Waals surface area (Å²) in [6, 6.07) is 13.4. The number of hydrogen-bond acceptors (Lipinski definition) is 3. The van der Waals surface area contributed by atoms with Gasteiger partial charge in [-0.1, -0.05) is 11.6 Å². The Morgan fingerprint density at radius 3 is 2.50 bits per heavy atom. The minimum Gasteiger partial charge on any atom is -0.497 e. The van der Waals surface area contributed by atoms with Crippen molar-refractivity contribution in [3.63, 3.8) is 0 Å².